The fourth-order valence-corrected chi connectivity index (χ4v) is 3.85. The molecule has 2 aromatic rings. The van der Waals surface area contributed by atoms with Gasteiger partial charge in [0.2, 0.25) is 0 Å². The zero-order valence-electron chi connectivity index (χ0n) is 17.3. The fraction of sp³-hybridized carbons (Fsp3) is 0.364. The summed E-state index contributed by atoms with van der Waals surface area (Å²) < 4.78 is 32.3. The van der Waals surface area contributed by atoms with Gasteiger partial charge in [-0.2, -0.15) is 0 Å². The van der Waals surface area contributed by atoms with Crippen LogP contribution in [0.1, 0.15) is 49.9 Å². The number of rotatable bonds is 11. The number of anilines is 1. The Morgan fingerprint density at radius 2 is 1.67 bits per heavy atom. The lowest BCUT2D eigenvalue weighted by atomic mass is 10.1. The third-order valence-electron chi connectivity index (χ3n) is 4.41. The van der Waals surface area contributed by atoms with Gasteiger partial charge in [0.15, 0.2) is 6.61 Å². The first-order chi connectivity index (χ1) is 14.3. The minimum absolute atomic E-state index is 0.0153. The molecule has 2 aromatic carbocycles. The van der Waals surface area contributed by atoms with E-state index in [4.69, 9.17) is 4.74 Å². The van der Waals surface area contributed by atoms with E-state index >= 15 is 0 Å². The number of esters is 1. The highest BCUT2D eigenvalue weighted by Gasteiger charge is 2.16. The SMILES string of the molecule is CCCCCC(C)NC(=O)COC(=O)c1ccc(S(=O)(=O)Nc2ccccc2)cc1. The lowest BCUT2D eigenvalue weighted by molar-refractivity contribution is -0.124. The van der Waals surface area contributed by atoms with Crippen LogP contribution in [0.3, 0.4) is 0 Å². The first-order valence-corrected chi connectivity index (χ1v) is 11.4. The number of carbonyl (C=O) groups excluding carboxylic acids is 2. The molecule has 7 nitrogen and oxygen atoms in total. The Balaban J connectivity index is 1.86. The normalized spacial score (nSPS) is 12.1. The second-order valence-corrected chi connectivity index (χ2v) is 8.72. The van der Waals surface area contributed by atoms with Crippen LogP contribution >= 0.6 is 0 Å². The Hall–Kier alpha value is -2.87. The molecule has 0 fully saturated rings. The number of carbonyl (C=O) groups is 2. The fourth-order valence-electron chi connectivity index (χ4n) is 2.79. The van der Waals surface area contributed by atoms with Crippen LogP contribution in [0.25, 0.3) is 0 Å². The second kappa shape index (κ2) is 11.3. The van der Waals surface area contributed by atoms with Gasteiger partial charge in [-0.05, 0) is 49.7 Å². The molecule has 0 radical (unpaired) electrons. The van der Waals surface area contributed by atoms with Crippen LogP contribution in [0.4, 0.5) is 5.69 Å². The molecule has 0 bridgehead atoms. The van der Waals surface area contributed by atoms with E-state index in [1.54, 1.807) is 30.3 Å². The highest BCUT2D eigenvalue weighted by molar-refractivity contribution is 7.92. The van der Waals surface area contributed by atoms with Crippen molar-refractivity contribution < 1.29 is 22.7 Å². The van der Waals surface area contributed by atoms with Gasteiger partial charge >= 0.3 is 5.97 Å². The molecular formula is C22H28N2O5S. The van der Waals surface area contributed by atoms with E-state index in [-0.39, 0.29) is 29.0 Å². The number of para-hydroxylation sites is 1. The highest BCUT2D eigenvalue weighted by Crippen LogP contribution is 2.16. The molecule has 0 spiro atoms. The largest absolute Gasteiger partial charge is 0.452 e. The molecule has 162 valence electrons. The summed E-state index contributed by atoms with van der Waals surface area (Å²) in [6.45, 7) is 3.65. The van der Waals surface area contributed by atoms with Crippen LogP contribution in [0, 0.1) is 0 Å². The van der Waals surface area contributed by atoms with Crippen molar-refractivity contribution in [2.45, 2.75) is 50.5 Å². The molecule has 0 heterocycles. The number of sulfonamides is 1. The Kier molecular flexibility index (Phi) is 8.86. The van der Waals surface area contributed by atoms with Crippen molar-refractivity contribution in [1.82, 2.24) is 5.32 Å². The van der Waals surface area contributed by atoms with Crippen molar-refractivity contribution in [3.63, 3.8) is 0 Å². The number of nitrogens with one attached hydrogen (secondary N) is 2. The highest BCUT2D eigenvalue weighted by atomic mass is 32.2. The summed E-state index contributed by atoms with van der Waals surface area (Å²) in [5.41, 5.74) is 0.605. The maximum atomic E-state index is 12.4. The smallest absolute Gasteiger partial charge is 0.338 e. The summed E-state index contributed by atoms with van der Waals surface area (Å²) in [5.74, 6) is -1.05. The van der Waals surface area contributed by atoms with E-state index in [9.17, 15) is 18.0 Å². The first-order valence-electron chi connectivity index (χ1n) is 9.96. The number of ether oxygens (including phenoxy) is 1. The molecule has 2 N–H and O–H groups in total. The Morgan fingerprint density at radius 1 is 1.00 bits per heavy atom. The number of hydrogen-bond donors (Lipinski definition) is 2. The van der Waals surface area contributed by atoms with Crippen molar-refractivity contribution in [2.24, 2.45) is 0 Å². The van der Waals surface area contributed by atoms with Crippen molar-refractivity contribution in [3.05, 3.63) is 60.2 Å². The summed E-state index contributed by atoms with van der Waals surface area (Å²) in [6, 6.07) is 13.9. The van der Waals surface area contributed by atoms with E-state index < -0.39 is 16.0 Å². The maximum absolute atomic E-state index is 12.4. The monoisotopic (exact) mass is 432 g/mol. The zero-order chi connectivity index (χ0) is 22.0. The molecule has 8 heteroatoms. The molecule has 0 aliphatic heterocycles. The van der Waals surface area contributed by atoms with Crippen molar-refractivity contribution in [2.75, 3.05) is 11.3 Å². The quantitative estimate of drug-likeness (QED) is 0.416. The van der Waals surface area contributed by atoms with Crippen molar-refractivity contribution in [3.8, 4) is 0 Å². The standard InChI is InChI=1S/C22H28N2O5S/c1-3-4-6-9-17(2)23-21(25)16-29-22(26)18-12-14-20(15-13-18)30(27,28)24-19-10-7-5-8-11-19/h5,7-8,10-15,17,24H,3-4,6,9,16H2,1-2H3,(H,23,25). The molecule has 0 aliphatic carbocycles. The van der Waals surface area contributed by atoms with Gasteiger partial charge in [-0.1, -0.05) is 44.4 Å². The third-order valence-corrected chi connectivity index (χ3v) is 5.81. The Morgan fingerprint density at radius 3 is 2.30 bits per heavy atom. The molecule has 1 unspecified atom stereocenters. The van der Waals surface area contributed by atoms with Gasteiger partial charge in [0.1, 0.15) is 0 Å². The summed E-state index contributed by atoms with van der Waals surface area (Å²) in [5, 5.41) is 2.79. The number of hydrogen-bond acceptors (Lipinski definition) is 5. The van der Waals surface area contributed by atoms with E-state index in [1.165, 1.54) is 24.3 Å². The molecular weight excluding hydrogens is 404 g/mol. The van der Waals surface area contributed by atoms with Crippen LogP contribution in [0.15, 0.2) is 59.5 Å². The molecule has 0 aliphatic rings. The summed E-state index contributed by atoms with van der Waals surface area (Å²) in [6.07, 6.45) is 4.13. The lowest BCUT2D eigenvalue weighted by Crippen LogP contribution is -2.35. The molecule has 0 saturated heterocycles. The number of unbranched alkanes of at least 4 members (excludes halogenated alkanes) is 2. The molecule has 1 amide bonds. The van der Waals surface area contributed by atoms with Crippen molar-refractivity contribution >= 4 is 27.6 Å². The second-order valence-electron chi connectivity index (χ2n) is 7.04. The Labute approximate surface area is 177 Å². The van der Waals surface area contributed by atoms with Crippen LogP contribution in [0.2, 0.25) is 0 Å². The molecule has 0 aromatic heterocycles. The Bertz CT molecular complexity index is 928. The molecule has 30 heavy (non-hydrogen) atoms. The van der Waals surface area contributed by atoms with Gasteiger partial charge in [-0.3, -0.25) is 9.52 Å². The predicted molar refractivity (Wildman–Crippen MR) is 116 cm³/mol. The van der Waals surface area contributed by atoms with E-state index in [0.29, 0.717) is 5.69 Å². The molecule has 1 atom stereocenters. The lowest BCUT2D eigenvalue weighted by Gasteiger charge is -2.13. The number of benzene rings is 2. The van der Waals surface area contributed by atoms with Gasteiger partial charge in [0.05, 0.1) is 10.5 Å². The zero-order valence-corrected chi connectivity index (χ0v) is 18.1. The average molecular weight is 433 g/mol. The number of amides is 1. The van der Waals surface area contributed by atoms with Crippen LogP contribution < -0.4 is 10.0 Å². The van der Waals surface area contributed by atoms with E-state index in [0.717, 1.165) is 25.7 Å². The van der Waals surface area contributed by atoms with Gasteiger partial charge in [0, 0.05) is 11.7 Å². The average Bonchev–Trinajstić information content (AvgIpc) is 2.72. The summed E-state index contributed by atoms with van der Waals surface area (Å²) in [7, 11) is -3.77. The van der Waals surface area contributed by atoms with Crippen LogP contribution in [-0.2, 0) is 19.6 Å². The van der Waals surface area contributed by atoms with Crippen LogP contribution in [0.5, 0.6) is 0 Å². The van der Waals surface area contributed by atoms with Crippen molar-refractivity contribution in [1.29, 1.82) is 0 Å². The minimum Gasteiger partial charge on any atom is -0.452 e. The maximum Gasteiger partial charge on any atom is 0.338 e. The summed E-state index contributed by atoms with van der Waals surface area (Å²) in [4.78, 5) is 24.1. The first kappa shape index (κ1) is 23.4. The third kappa shape index (κ3) is 7.51. The minimum atomic E-state index is -3.77. The van der Waals surface area contributed by atoms with Gasteiger partial charge in [-0.25, -0.2) is 13.2 Å². The topological polar surface area (TPSA) is 102 Å². The predicted octanol–water partition coefficient (Wildman–Crippen LogP) is 3.73. The van der Waals surface area contributed by atoms with Gasteiger partial charge < -0.3 is 10.1 Å². The van der Waals surface area contributed by atoms with Gasteiger partial charge in [-0.15, -0.1) is 0 Å². The summed E-state index contributed by atoms with van der Waals surface area (Å²) >= 11 is 0. The van der Waals surface area contributed by atoms with E-state index in [1.807, 2.05) is 6.92 Å². The molecule has 2 rings (SSSR count). The van der Waals surface area contributed by atoms with Gasteiger partial charge in [0.25, 0.3) is 15.9 Å². The van der Waals surface area contributed by atoms with E-state index in [2.05, 4.69) is 17.0 Å². The van der Waals surface area contributed by atoms with Crippen LogP contribution in [-0.4, -0.2) is 32.9 Å². The molecule has 0 saturated carbocycles.